The van der Waals surface area contributed by atoms with Crippen LogP contribution in [0.15, 0.2) is 28.2 Å². The number of sulfonamides is 1. The van der Waals surface area contributed by atoms with Crippen LogP contribution in [0.4, 0.5) is 0 Å². The van der Waals surface area contributed by atoms with Crippen LogP contribution in [0.25, 0.3) is 0 Å². The fourth-order valence-corrected chi connectivity index (χ4v) is 1.48. The first-order valence-electron chi connectivity index (χ1n) is 4.18. The summed E-state index contributed by atoms with van der Waals surface area (Å²) in [5.41, 5.74) is 0.807. The molecule has 0 aromatic carbocycles. The maximum Gasteiger partial charge on any atom is 0.253 e. The van der Waals surface area contributed by atoms with Crippen molar-refractivity contribution in [2.75, 3.05) is 5.75 Å². The third-order valence-electron chi connectivity index (χ3n) is 1.77. The Labute approximate surface area is 83.1 Å². The molecule has 0 fully saturated rings. The van der Waals surface area contributed by atoms with E-state index in [1.54, 1.807) is 6.92 Å². The molecule has 0 radical (unpaired) electrons. The van der Waals surface area contributed by atoms with Gasteiger partial charge in [-0.15, -0.1) is 0 Å². The molecule has 0 saturated carbocycles. The normalized spacial score (nSPS) is 20.0. The van der Waals surface area contributed by atoms with Crippen molar-refractivity contribution in [2.45, 2.75) is 13.8 Å². The van der Waals surface area contributed by atoms with E-state index in [9.17, 15) is 13.2 Å². The van der Waals surface area contributed by atoms with Crippen LogP contribution in [-0.2, 0) is 14.8 Å². The fraction of sp³-hybridized carbons (Fsp3) is 0.333. The lowest BCUT2D eigenvalue weighted by molar-refractivity contribution is -0.111. The number of hydrogen-bond acceptors (Lipinski definition) is 3. The SMILES string of the molecule is CCS(=O)(=O)N=C1C=CC(=O)C(C)=C1. The molecule has 76 valence electrons. The van der Waals surface area contributed by atoms with E-state index in [0.29, 0.717) is 11.3 Å². The minimum Gasteiger partial charge on any atom is -0.290 e. The molecule has 0 atom stereocenters. The number of hydrogen-bond donors (Lipinski definition) is 0. The van der Waals surface area contributed by atoms with Crippen LogP contribution in [0.1, 0.15) is 13.8 Å². The van der Waals surface area contributed by atoms with Gasteiger partial charge < -0.3 is 0 Å². The van der Waals surface area contributed by atoms with Crippen LogP contribution in [-0.4, -0.2) is 25.7 Å². The lowest BCUT2D eigenvalue weighted by atomic mass is 10.1. The Kier molecular flexibility index (Phi) is 3.00. The molecule has 1 rings (SSSR count). The first-order chi connectivity index (χ1) is 6.44. The molecule has 0 spiro atoms. The molecular formula is C9H11NO3S. The molecule has 0 amide bonds. The van der Waals surface area contributed by atoms with E-state index in [1.807, 2.05) is 0 Å². The molecule has 0 N–H and O–H groups in total. The average Bonchev–Trinajstić information content (AvgIpc) is 2.11. The number of carbonyl (C=O) groups excluding carboxylic acids is 1. The van der Waals surface area contributed by atoms with Crippen LogP contribution in [0.2, 0.25) is 0 Å². The number of carbonyl (C=O) groups is 1. The largest absolute Gasteiger partial charge is 0.290 e. The summed E-state index contributed by atoms with van der Waals surface area (Å²) >= 11 is 0. The van der Waals surface area contributed by atoms with Gasteiger partial charge in [0.15, 0.2) is 5.78 Å². The van der Waals surface area contributed by atoms with Crippen LogP contribution in [0.3, 0.4) is 0 Å². The van der Waals surface area contributed by atoms with Crippen molar-refractivity contribution in [3.05, 3.63) is 23.8 Å². The minimum atomic E-state index is -3.38. The predicted octanol–water partition coefficient (Wildman–Crippen LogP) is 0.862. The van der Waals surface area contributed by atoms with Gasteiger partial charge in [0, 0.05) is 0 Å². The van der Waals surface area contributed by atoms with Gasteiger partial charge >= 0.3 is 0 Å². The third-order valence-corrected chi connectivity index (χ3v) is 2.99. The van der Waals surface area contributed by atoms with E-state index in [2.05, 4.69) is 4.40 Å². The Bertz CT molecular complexity index is 441. The second-order valence-corrected chi connectivity index (χ2v) is 4.84. The van der Waals surface area contributed by atoms with Gasteiger partial charge in [-0.2, -0.15) is 4.40 Å². The summed E-state index contributed by atoms with van der Waals surface area (Å²) in [7, 11) is -3.38. The Morgan fingerprint density at radius 1 is 1.36 bits per heavy atom. The van der Waals surface area contributed by atoms with Crippen molar-refractivity contribution in [3.63, 3.8) is 0 Å². The molecule has 0 aliphatic heterocycles. The molecular weight excluding hydrogens is 202 g/mol. The number of allylic oxidation sites excluding steroid dienone is 4. The Morgan fingerprint density at radius 2 is 2.00 bits per heavy atom. The minimum absolute atomic E-state index is 0.0365. The molecule has 14 heavy (non-hydrogen) atoms. The van der Waals surface area contributed by atoms with E-state index in [1.165, 1.54) is 25.2 Å². The molecule has 5 heteroatoms. The molecule has 0 bridgehead atoms. The highest BCUT2D eigenvalue weighted by Crippen LogP contribution is 2.06. The van der Waals surface area contributed by atoms with Crippen molar-refractivity contribution in [2.24, 2.45) is 4.40 Å². The van der Waals surface area contributed by atoms with Gasteiger partial charge in [0.1, 0.15) is 0 Å². The van der Waals surface area contributed by atoms with Gasteiger partial charge in [0.2, 0.25) is 0 Å². The highest BCUT2D eigenvalue weighted by molar-refractivity contribution is 7.90. The van der Waals surface area contributed by atoms with Crippen molar-refractivity contribution >= 4 is 21.5 Å². The average molecular weight is 213 g/mol. The van der Waals surface area contributed by atoms with E-state index in [-0.39, 0.29) is 11.5 Å². The molecule has 0 aromatic rings. The first kappa shape index (κ1) is 10.8. The van der Waals surface area contributed by atoms with Gasteiger partial charge in [-0.05, 0) is 37.6 Å². The van der Waals surface area contributed by atoms with Gasteiger partial charge in [-0.25, -0.2) is 8.42 Å². The molecule has 4 nitrogen and oxygen atoms in total. The van der Waals surface area contributed by atoms with Crippen LogP contribution >= 0.6 is 0 Å². The maximum atomic E-state index is 11.1. The van der Waals surface area contributed by atoms with E-state index in [0.717, 1.165) is 0 Å². The topological polar surface area (TPSA) is 63.6 Å². The molecule has 0 unspecified atom stereocenters. The molecule has 0 heterocycles. The highest BCUT2D eigenvalue weighted by Gasteiger charge is 2.10. The number of ketones is 1. The lowest BCUT2D eigenvalue weighted by Crippen LogP contribution is -2.08. The predicted molar refractivity (Wildman–Crippen MR) is 54.8 cm³/mol. The van der Waals surface area contributed by atoms with Crippen LogP contribution in [0, 0.1) is 0 Å². The molecule has 0 aromatic heterocycles. The van der Waals surface area contributed by atoms with Crippen LogP contribution in [0.5, 0.6) is 0 Å². The third kappa shape index (κ3) is 2.63. The van der Waals surface area contributed by atoms with Crippen molar-refractivity contribution in [3.8, 4) is 0 Å². The maximum absolute atomic E-state index is 11.1. The Morgan fingerprint density at radius 3 is 2.50 bits per heavy atom. The zero-order valence-corrected chi connectivity index (χ0v) is 8.84. The van der Waals surface area contributed by atoms with Crippen LogP contribution < -0.4 is 0 Å². The van der Waals surface area contributed by atoms with E-state index < -0.39 is 10.0 Å². The Hall–Kier alpha value is -1.23. The summed E-state index contributed by atoms with van der Waals surface area (Å²) in [4.78, 5) is 11.0. The smallest absolute Gasteiger partial charge is 0.253 e. The fourth-order valence-electron chi connectivity index (χ4n) is 0.916. The van der Waals surface area contributed by atoms with Crippen molar-refractivity contribution in [1.29, 1.82) is 0 Å². The quantitative estimate of drug-likeness (QED) is 0.639. The van der Waals surface area contributed by atoms with Gasteiger partial charge in [-0.3, -0.25) is 4.79 Å². The van der Waals surface area contributed by atoms with E-state index >= 15 is 0 Å². The van der Waals surface area contributed by atoms with Gasteiger partial charge in [0.25, 0.3) is 10.0 Å². The second kappa shape index (κ2) is 3.88. The van der Waals surface area contributed by atoms with Gasteiger partial charge in [-0.1, -0.05) is 0 Å². The summed E-state index contributed by atoms with van der Waals surface area (Å²) in [5, 5.41) is 0. The lowest BCUT2D eigenvalue weighted by Gasteiger charge is -2.02. The Balaban J connectivity index is 3.04. The molecule has 0 saturated heterocycles. The molecule has 1 aliphatic carbocycles. The first-order valence-corrected chi connectivity index (χ1v) is 5.79. The summed E-state index contributed by atoms with van der Waals surface area (Å²) in [6, 6.07) is 0. The van der Waals surface area contributed by atoms with Crippen molar-refractivity contribution < 1.29 is 13.2 Å². The summed E-state index contributed by atoms with van der Waals surface area (Å²) < 4.78 is 25.8. The summed E-state index contributed by atoms with van der Waals surface area (Å²) in [6.45, 7) is 3.15. The van der Waals surface area contributed by atoms with Crippen molar-refractivity contribution in [1.82, 2.24) is 0 Å². The van der Waals surface area contributed by atoms with Gasteiger partial charge in [0.05, 0.1) is 11.5 Å². The standard InChI is InChI=1S/C9H11NO3S/c1-3-14(12,13)10-8-4-5-9(11)7(2)6-8/h4-6H,3H2,1-2H3. The summed E-state index contributed by atoms with van der Waals surface area (Å²) in [6.07, 6.45) is 4.19. The zero-order chi connectivity index (χ0) is 10.8. The number of nitrogens with zero attached hydrogens (tertiary/aromatic N) is 1. The zero-order valence-electron chi connectivity index (χ0n) is 8.02. The molecule has 1 aliphatic rings. The highest BCUT2D eigenvalue weighted by atomic mass is 32.2. The number of rotatable bonds is 2. The summed E-state index contributed by atoms with van der Waals surface area (Å²) in [5.74, 6) is -0.150. The monoisotopic (exact) mass is 213 g/mol. The van der Waals surface area contributed by atoms with E-state index in [4.69, 9.17) is 0 Å². The second-order valence-electron chi connectivity index (χ2n) is 2.91.